The SMILES string of the molecule is C/C=C1\[C@@H](C)[C@]1(COC(=O)[C@](OC)(c1ccccc1)C(F)(F)F)c1ccccc1. The molecule has 0 radical (unpaired) electrons. The third-order valence-electron chi connectivity index (χ3n) is 5.84. The maximum atomic E-state index is 14.1. The van der Waals surface area contributed by atoms with Gasteiger partial charge < -0.3 is 9.47 Å². The Morgan fingerprint density at radius 2 is 1.62 bits per heavy atom. The van der Waals surface area contributed by atoms with Crippen molar-refractivity contribution in [3.63, 3.8) is 0 Å². The number of hydrogen-bond donors (Lipinski definition) is 0. The molecule has 0 aromatic heterocycles. The van der Waals surface area contributed by atoms with E-state index in [1.807, 2.05) is 50.3 Å². The van der Waals surface area contributed by atoms with E-state index in [1.165, 1.54) is 24.3 Å². The molecule has 0 unspecified atom stereocenters. The van der Waals surface area contributed by atoms with Crippen molar-refractivity contribution < 1.29 is 27.4 Å². The van der Waals surface area contributed by atoms with Crippen LogP contribution in [-0.2, 0) is 25.3 Å². The third kappa shape index (κ3) is 3.25. The van der Waals surface area contributed by atoms with Gasteiger partial charge in [0, 0.05) is 12.7 Å². The van der Waals surface area contributed by atoms with Crippen LogP contribution in [0.1, 0.15) is 25.0 Å². The second-order valence-electron chi connectivity index (χ2n) is 7.13. The van der Waals surface area contributed by atoms with Crippen molar-refractivity contribution in [1.29, 1.82) is 0 Å². The van der Waals surface area contributed by atoms with Crippen LogP contribution >= 0.6 is 0 Å². The van der Waals surface area contributed by atoms with Crippen molar-refractivity contribution in [3.8, 4) is 0 Å². The van der Waals surface area contributed by atoms with Crippen LogP contribution in [0.4, 0.5) is 13.2 Å². The van der Waals surface area contributed by atoms with E-state index in [0.717, 1.165) is 18.2 Å². The van der Waals surface area contributed by atoms with Crippen LogP contribution in [0.3, 0.4) is 0 Å². The Balaban J connectivity index is 1.95. The molecule has 29 heavy (non-hydrogen) atoms. The standard InChI is InChI=1S/C23H23F3O3/c1-4-19-16(2)21(19,17-11-7-5-8-12-17)15-29-20(27)22(28-3,23(24,25)26)18-13-9-6-10-14-18/h4-14,16H,15H2,1-3H3/b19-4+/t16-,21-,22-/m1/s1. The van der Waals surface area contributed by atoms with Gasteiger partial charge in [0.05, 0.1) is 5.41 Å². The number of hydrogen-bond acceptors (Lipinski definition) is 3. The predicted octanol–water partition coefficient (Wildman–Crippen LogP) is 5.17. The van der Waals surface area contributed by atoms with Crippen molar-refractivity contribution in [2.75, 3.05) is 13.7 Å². The second kappa shape index (κ2) is 7.67. The Bertz CT molecular complexity index is 893. The summed E-state index contributed by atoms with van der Waals surface area (Å²) in [5.74, 6) is -1.41. The highest BCUT2D eigenvalue weighted by Crippen LogP contribution is 2.59. The summed E-state index contributed by atoms with van der Waals surface area (Å²) < 4.78 is 52.3. The summed E-state index contributed by atoms with van der Waals surface area (Å²) >= 11 is 0. The minimum atomic E-state index is -4.99. The van der Waals surface area contributed by atoms with Gasteiger partial charge in [0.15, 0.2) is 0 Å². The molecule has 0 spiro atoms. The van der Waals surface area contributed by atoms with Gasteiger partial charge in [0.25, 0.3) is 5.60 Å². The summed E-state index contributed by atoms with van der Waals surface area (Å²) in [5.41, 5.74) is -2.17. The first-order valence-electron chi connectivity index (χ1n) is 9.32. The Morgan fingerprint density at radius 1 is 1.07 bits per heavy atom. The van der Waals surface area contributed by atoms with Gasteiger partial charge in [0.1, 0.15) is 6.61 Å². The number of rotatable bonds is 6. The van der Waals surface area contributed by atoms with Crippen LogP contribution < -0.4 is 0 Å². The van der Waals surface area contributed by atoms with E-state index in [4.69, 9.17) is 9.47 Å². The molecular formula is C23H23F3O3. The Labute approximate surface area is 168 Å². The summed E-state index contributed by atoms with van der Waals surface area (Å²) in [6.45, 7) is 3.66. The molecule has 1 fully saturated rings. The molecule has 1 saturated carbocycles. The van der Waals surface area contributed by atoms with Gasteiger partial charge in [-0.2, -0.15) is 13.2 Å². The van der Waals surface area contributed by atoms with Gasteiger partial charge in [-0.3, -0.25) is 0 Å². The van der Waals surface area contributed by atoms with Gasteiger partial charge in [-0.25, -0.2) is 4.79 Å². The average Bonchev–Trinajstić information content (AvgIpc) is 3.31. The number of esters is 1. The summed E-state index contributed by atoms with van der Waals surface area (Å²) in [6.07, 6.45) is -3.06. The Hall–Kier alpha value is -2.60. The number of ether oxygens (including phenoxy) is 2. The number of halogens is 3. The minimum absolute atomic E-state index is 0.0576. The number of carbonyl (C=O) groups excluding carboxylic acids is 1. The van der Waals surface area contributed by atoms with Crippen LogP contribution in [0.5, 0.6) is 0 Å². The fourth-order valence-corrected chi connectivity index (χ4v) is 4.19. The van der Waals surface area contributed by atoms with Crippen molar-refractivity contribution in [2.45, 2.75) is 31.0 Å². The number of benzene rings is 2. The largest absolute Gasteiger partial charge is 0.462 e. The zero-order valence-electron chi connectivity index (χ0n) is 16.5. The van der Waals surface area contributed by atoms with E-state index in [2.05, 4.69) is 0 Å². The number of alkyl halides is 3. The van der Waals surface area contributed by atoms with Crippen molar-refractivity contribution in [2.24, 2.45) is 5.92 Å². The van der Waals surface area contributed by atoms with Gasteiger partial charge in [-0.15, -0.1) is 0 Å². The van der Waals surface area contributed by atoms with Gasteiger partial charge in [-0.1, -0.05) is 79.2 Å². The van der Waals surface area contributed by atoms with E-state index in [-0.39, 0.29) is 18.1 Å². The molecule has 3 atom stereocenters. The molecule has 1 aliphatic carbocycles. The van der Waals surface area contributed by atoms with E-state index >= 15 is 0 Å². The number of allylic oxidation sites excluding steroid dienone is 1. The van der Waals surface area contributed by atoms with Gasteiger partial charge in [0.2, 0.25) is 0 Å². The highest BCUT2D eigenvalue weighted by molar-refractivity contribution is 5.83. The summed E-state index contributed by atoms with van der Waals surface area (Å²) in [7, 11) is 0.867. The van der Waals surface area contributed by atoms with E-state index in [1.54, 1.807) is 6.07 Å². The topological polar surface area (TPSA) is 35.5 Å². The molecule has 1 aliphatic rings. The Morgan fingerprint density at radius 3 is 2.07 bits per heavy atom. The second-order valence-corrected chi connectivity index (χ2v) is 7.13. The molecule has 0 saturated heterocycles. The van der Waals surface area contributed by atoms with Crippen molar-refractivity contribution in [1.82, 2.24) is 0 Å². The predicted molar refractivity (Wildman–Crippen MR) is 103 cm³/mol. The lowest BCUT2D eigenvalue weighted by molar-refractivity contribution is -0.276. The van der Waals surface area contributed by atoms with E-state index in [0.29, 0.717) is 0 Å². The van der Waals surface area contributed by atoms with Crippen LogP contribution in [-0.4, -0.2) is 25.9 Å². The lowest BCUT2D eigenvalue weighted by atomic mass is 9.91. The average molecular weight is 404 g/mol. The lowest BCUT2D eigenvalue weighted by Gasteiger charge is -2.33. The summed E-state index contributed by atoms with van der Waals surface area (Å²) in [6, 6.07) is 16.2. The molecular weight excluding hydrogens is 381 g/mol. The minimum Gasteiger partial charge on any atom is -0.462 e. The normalized spacial score (nSPS) is 24.8. The molecule has 3 rings (SSSR count). The van der Waals surface area contributed by atoms with E-state index < -0.39 is 23.2 Å². The molecule has 0 heterocycles. The van der Waals surface area contributed by atoms with E-state index in [9.17, 15) is 18.0 Å². The smallest absolute Gasteiger partial charge is 0.432 e. The van der Waals surface area contributed by atoms with Crippen LogP contribution in [0.25, 0.3) is 0 Å². The maximum Gasteiger partial charge on any atom is 0.432 e. The Kier molecular flexibility index (Phi) is 5.59. The highest BCUT2D eigenvalue weighted by Gasteiger charge is 2.65. The van der Waals surface area contributed by atoms with Gasteiger partial charge in [-0.05, 0) is 18.4 Å². The quantitative estimate of drug-likeness (QED) is 0.492. The molecule has 6 heteroatoms. The fourth-order valence-electron chi connectivity index (χ4n) is 4.19. The molecule has 0 aliphatic heterocycles. The first-order valence-corrected chi connectivity index (χ1v) is 9.32. The van der Waals surface area contributed by atoms with Crippen molar-refractivity contribution in [3.05, 3.63) is 83.4 Å². The molecule has 2 aromatic rings. The first kappa shape index (κ1) is 21.1. The van der Waals surface area contributed by atoms with Crippen LogP contribution in [0.2, 0.25) is 0 Å². The number of carbonyl (C=O) groups is 1. The fraction of sp³-hybridized carbons (Fsp3) is 0.348. The molecule has 154 valence electrons. The third-order valence-corrected chi connectivity index (χ3v) is 5.84. The zero-order chi connectivity index (χ0) is 21.3. The monoisotopic (exact) mass is 404 g/mol. The van der Waals surface area contributed by atoms with Crippen molar-refractivity contribution >= 4 is 5.97 Å². The summed E-state index contributed by atoms with van der Waals surface area (Å²) in [4.78, 5) is 12.9. The lowest BCUT2D eigenvalue weighted by Crippen LogP contribution is -2.52. The molecule has 2 aromatic carbocycles. The first-order chi connectivity index (χ1) is 13.8. The molecule has 0 N–H and O–H groups in total. The number of methoxy groups -OCH3 is 1. The molecule has 3 nitrogen and oxygen atoms in total. The zero-order valence-corrected chi connectivity index (χ0v) is 16.5. The molecule has 0 bridgehead atoms. The van der Waals surface area contributed by atoms with Crippen LogP contribution in [0.15, 0.2) is 72.3 Å². The summed E-state index contributed by atoms with van der Waals surface area (Å²) in [5, 5.41) is 0. The molecule has 0 amide bonds. The van der Waals surface area contributed by atoms with Crippen LogP contribution in [0, 0.1) is 5.92 Å². The maximum absolute atomic E-state index is 14.1. The highest BCUT2D eigenvalue weighted by atomic mass is 19.4. The van der Waals surface area contributed by atoms with Gasteiger partial charge >= 0.3 is 12.1 Å².